The van der Waals surface area contributed by atoms with Gasteiger partial charge < -0.3 is 20.1 Å². The highest BCUT2D eigenvalue weighted by Gasteiger charge is 2.26. The SMILES string of the molecule is CC/C=C\C/C=C\C/C=C\C/C=C\C/C=C\C/C=C\C/C=C\C/C=C\C/C=C\C/C=C\CCCCC(=O)OC(COC(=O)CCCCCCCCCCCCCCCCCCCCCCCCCCCCCCCCCCCCCCCCCC)COP(=O)(O)OCCN. The molecular formula is C84H148NO8P. The summed E-state index contributed by atoms with van der Waals surface area (Å²) in [4.78, 5) is 35.4. The summed E-state index contributed by atoms with van der Waals surface area (Å²) in [5, 5.41) is 0. The van der Waals surface area contributed by atoms with E-state index < -0.39 is 26.5 Å². The monoisotopic (exact) mass is 1330 g/mol. The number of hydrogen-bond donors (Lipinski definition) is 2. The van der Waals surface area contributed by atoms with Crippen molar-refractivity contribution in [3.8, 4) is 0 Å². The first-order chi connectivity index (χ1) is 46.3. The van der Waals surface area contributed by atoms with Gasteiger partial charge in [-0.2, -0.15) is 0 Å². The lowest BCUT2D eigenvalue weighted by molar-refractivity contribution is -0.161. The van der Waals surface area contributed by atoms with Crippen molar-refractivity contribution in [1.29, 1.82) is 0 Å². The number of unbranched alkanes of at least 4 members (excludes halogenated alkanes) is 41. The maximum atomic E-state index is 12.8. The van der Waals surface area contributed by atoms with E-state index in [0.717, 1.165) is 96.3 Å². The third-order valence-corrected chi connectivity index (χ3v) is 18.1. The van der Waals surface area contributed by atoms with E-state index in [1.807, 2.05) is 0 Å². The Morgan fingerprint density at radius 2 is 0.585 bits per heavy atom. The Labute approximate surface area is 581 Å². The highest BCUT2D eigenvalue weighted by atomic mass is 31.2. The molecule has 0 rings (SSSR count). The number of carbonyl (C=O) groups is 2. The molecule has 0 heterocycles. The summed E-state index contributed by atoms with van der Waals surface area (Å²) in [6.45, 7) is 3.62. The molecule has 0 aromatic carbocycles. The number of ether oxygens (including phenoxy) is 2. The van der Waals surface area contributed by atoms with Crippen LogP contribution in [0.2, 0.25) is 0 Å². The quantitative estimate of drug-likeness (QED) is 0.0264. The van der Waals surface area contributed by atoms with Crippen LogP contribution in [0, 0.1) is 0 Å². The Morgan fingerprint density at radius 1 is 0.330 bits per heavy atom. The average molecular weight is 1330 g/mol. The number of carbonyl (C=O) groups excluding carboxylic acids is 2. The number of phosphoric ester groups is 1. The predicted molar refractivity (Wildman–Crippen MR) is 408 cm³/mol. The van der Waals surface area contributed by atoms with E-state index >= 15 is 0 Å². The van der Waals surface area contributed by atoms with Gasteiger partial charge in [-0.1, -0.05) is 386 Å². The van der Waals surface area contributed by atoms with E-state index in [-0.39, 0.29) is 38.6 Å². The Balaban J connectivity index is 3.87. The van der Waals surface area contributed by atoms with Crippen LogP contribution in [0.15, 0.2) is 122 Å². The second-order valence-corrected chi connectivity index (χ2v) is 27.7. The van der Waals surface area contributed by atoms with Crippen LogP contribution in [0.5, 0.6) is 0 Å². The molecule has 0 fully saturated rings. The summed E-state index contributed by atoms with van der Waals surface area (Å²) in [6.07, 6.45) is 111. The molecular weight excluding hydrogens is 1180 g/mol. The highest BCUT2D eigenvalue weighted by molar-refractivity contribution is 7.47. The molecule has 542 valence electrons. The van der Waals surface area contributed by atoms with Gasteiger partial charge in [-0.15, -0.1) is 0 Å². The van der Waals surface area contributed by atoms with Crippen LogP contribution in [0.1, 0.15) is 367 Å². The molecule has 94 heavy (non-hydrogen) atoms. The van der Waals surface area contributed by atoms with Gasteiger partial charge in [-0.05, 0) is 89.9 Å². The Bertz CT molecular complexity index is 1960. The molecule has 0 aromatic rings. The van der Waals surface area contributed by atoms with Crippen LogP contribution in [-0.2, 0) is 32.7 Å². The fourth-order valence-corrected chi connectivity index (χ4v) is 12.1. The molecule has 0 aliphatic carbocycles. The van der Waals surface area contributed by atoms with Gasteiger partial charge in [0.25, 0.3) is 0 Å². The minimum absolute atomic E-state index is 0.0412. The van der Waals surface area contributed by atoms with Crippen LogP contribution in [0.25, 0.3) is 0 Å². The molecule has 0 spiro atoms. The summed E-state index contributed by atoms with van der Waals surface area (Å²) in [6, 6.07) is 0. The van der Waals surface area contributed by atoms with Crippen LogP contribution < -0.4 is 5.73 Å². The first kappa shape index (κ1) is 90.4. The minimum Gasteiger partial charge on any atom is -0.462 e. The lowest BCUT2D eigenvalue weighted by atomic mass is 10.0. The molecule has 0 radical (unpaired) electrons. The average Bonchev–Trinajstić information content (AvgIpc) is 3.51. The first-order valence-corrected chi connectivity index (χ1v) is 41.0. The Kier molecular flexibility index (Phi) is 75.4. The zero-order chi connectivity index (χ0) is 67.9. The van der Waals surface area contributed by atoms with E-state index in [0.29, 0.717) is 6.42 Å². The van der Waals surface area contributed by atoms with Gasteiger partial charge >= 0.3 is 19.8 Å². The third kappa shape index (κ3) is 77.4. The molecule has 2 atom stereocenters. The number of rotatable bonds is 74. The minimum atomic E-state index is -4.42. The van der Waals surface area contributed by atoms with Crippen LogP contribution in [0.3, 0.4) is 0 Å². The maximum Gasteiger partial charge on any atom is 0.472 e. The molecule has 0 bridgehead atoms. The zero-order valence-electron chi connectivity index (χ0n) is 61.2. The van der Waals surface area contributed by atoms with Crippen LogP contribution in [0.4, 0.5) is 0 Å². The van der Waals surface area contributed by atoms with Gasteiger partial charge in [-0.3, -0.25) is 18.6 Å². The summed E-state index contributed by atoms with van der Waals surface area (Å²) in [7, 11) is -4.42. The molecule has 3 N–H and O–H groups in total. The van der Waals surface area contributed by atoms with Crippen molar-refractivity contribution in [3.05, 3.63) is 122 Å². The Morgan fingerprint density at radius 3 is 0.872 bits per heavy atom. The fourth-order valence-electron chi connectivity index (χ4n) is 11.3. The standard InChI is InChI=1S/C84H148NO8P/c1-3-5-7-9-11-13-15-17-19-21-23-25-27-29-31-33-35-37-38-39-40-41-42-43-45-46-48-50-52-54-56-58-60-62-64-66-68-70-72-74-76-83(86)90-80-82(81-92-94(88,89)91-79-78-85)93-84(87)77-75-73-71-69-67-65-63-61-59-57-55-53-51-49-47-44-36-34-32-30-28-26-24-22-20-18-16-14-12-10-8-6-4-2/h6,8,12,14,18,20,24,26,30,32,36,44,49,51,55,57,61,63,67,69,82H,3-5,7,9-11,13,15-17,19,21-23,25,27-29,31,33-35,37-43,45-48,50,52-54,56,58-60,62,64-66,68,70-81,85H2,1-2H3,(H,88,89)/b8-6-,14-12-,20-18-,26-24-,32-30-,44-36-,51-49-,57-55-,63-61-,69-67-. The number of allylic oxidation sites excluding steroid dienone is 20. The lowest BCUT2D eigenvalue weighted by Crippen LogP contribution is -2.29. The van der Waals surface area contributed by atoms with Gasteiger partial charge in [-0.25, -0.2) is 4.57 Å². The molecule has 0 aliphatic heterocycles. The molecule has 2 unspecified atom stereocenters. The van der Waals surface area contributed by atoms with Crippen molar-refractivity contribution >= 4 is 19.8 Å². The molecule has 0 aliphatic rings. The van der Waals surface area contributed by atoms with E-state index in [9.17, 15) is 19.0 Å². The number of esters is 2. The van der Waals surface area contributed by atoms with E-state index in [1.165, 1.54) is 238 Å². The van der Waals surface area contributed by atoms with Gasteiger partial charge in [0.1, 0.15) is 6.61 Å². The highest BCUT2D eigenvalue weighted by Crippen LogP contribution is 2.43. The van der Waals surface area contributed by atoms with Crippen molar-refractivity contribution in [2.75, 3.05) is 26.4 Å². The summed E-state index contributed by atoms with van der Waals surface area (Å²) in [5.41, 5.74) is 5.41. The number of nitrogens with two attached hydrogens (primary N) is 1. The molecule has 0 amide bonds. The topological polar surface area (TPSA) is 134 Å². The number of hydrogen-bond acceptors (Lipinski definition) is 8. The van der Waals surface area contributed by atoms with Gasteiger partial charge in [0.05, 0.1) is 13.2 Å². The lowest BCUT2D eigenvalue weighted by Gasteiger charge is -2.19. The fraction of sp³-hybridized carbons (Fsp3) is 0.738. The smallest absolute Gasteiger partial charge is 0.462 e. The third-order valence-electron chi connectivity index (χ3n) is 17.1. The van der Waals surface area contributed by atoms with Gasteiger partial charge in [0.15, 0.2) is 6.10 Å². The molecule has 10 heteroatoms. The Hall–Kier alpha value is -3.59. The molecule has 9 nitrogen and oxygen atoms in total. The second-order valence-electron chi connectivity index (χ2n) is 26.2. The first-order valence-electron chi connectivity index (χ1n) is 39.5. The van der Waals surface area contributed by atoms with E-state index in [2.05, 4.69) is 135 Å². The van der Waals surface area contributed by atoms with E-state index in [4.69, 9.17) is 24.3 Å². The summed E-state index contributed by atoms with van der Waals surface area (Å²) >= 11 is 0. The summed E-state index contributed by atoms with van der Waals surface area (Å²) < 4.78 is 33.2. The van der Waals surface area contributed by atoms with Crippen LogP contribution >= 0.6 is 7.82 Å². The predicted octanol–water partition coefficient (Wildman–Crippen LogP) is 26.6. The van der Waals surface area contributed by atoms with Crippen molar-refractivity contribution in [2.24, 2.45) is 5.73 Å². The maximum absolute atomic E-state index is 12.8. The number of phosphoric acid groups is 1. The van der Waals surface area contributed by atoms with E-state index in [1.54, 1.807) is 0 Å². The van der Waals surface area contributed by atoms with Crippen molar-refractivity contribution in [2.45, 2.75) is 373 Å². The summed E-state index contributed by atoms with van der Waals surface area (Å²) in [5.74, 6) is -0.873. The van der Waals surface area contributed by atoms with Crippen molar-refractivity contribution < 1.29 is 37.6 Å². The van der Waals surface area contributed by atoms with Gasteiger partial charge in [0.2, 0.25) is 0 Å². The van der Waals surface area contributed by atoms with Crippen LogP contribution in [-0.4, -0.2) is 49.3 Å². The largest absolute Gasteiger partial charge is 0.472 e. The van der Waals surface area contributed by atoms with Crippen molar-refractivity contribution in [1.82, 2.24) is 0 Å². The zero-order valence-corrected chi connectivity index (χ0v) is 62.1. The second kappa shape index (κ2) is 78.4. The normalized spacial score (nSPS) is 13.5. The molecule has 0 aromatic heterocycles. The van der Waals surface area contributed by atoms with Crippen molar-refractivity contribution in [3.63, 3.8) is 0 Å². The molecule has 0 saturated carbocycles. The van der Waals surface area contributed by atoms with Gasteiger partial charge in [0, 0.05) is 19.4 Å². The molecule has 0 saturated heterocycles.